The van der Waals surface area contributed by atoms with E-state index < -0.39 is 32.6 Å². The standard InChI is InChI=1S/C19H16ClF3N2O4S/c1-29-18(26)16-8-7-14(20)12-17(16)25(10-3-2-9-24)30(27,28)15-6-4-5-13(11-15)19(21,22)23/h4-8,11-12H,2-3,10H2,1H3. The van der Waals surface area contributed by atoms with Crippen molar-refractivity contribution in [3.8, 4) is 6.07 Å². The number of benzene rings is 2. The molecule has 0 unspecified atom stereocenters. The highest BCUT2D eigenvalue weighted by atomic mass is 35.5. The molecule has 30 heavy (non-hydrogen) atoms. The lowest BCUT2D eigenvalue weighted by Crippen LogP contribution is -2.33. The van der Waals surface area contributed by atoms with Crippen molar-refractivity contribution in [2.24, 2.45) is 0 Å². The van der Waals surface area contributed by atoms with Gasteiger partial charge in [0.1, 0.15) is 0 Å². The maximum atomic E-state index is 13.3. The van der Waals surface area contributed by atoms with Gasteiger partial charge in [0.25, 0.3) is 10.0 Å². The van der Waals surface area contributed by atoms with Gasteiger partial charge < -0.3 is 4.74 Å². The second-order valence-corrected chi connectivity index (χ2v) is 8.32. The van der Waals surface area contributed by atoms with E-state index in [0.717, 1.165) is 29.6 Å². The van der Waals surface area contributed by atoms with Crippen LogP contribution >= 0.6 is 11.6 Å². The summed E-state index contributed by atoms with van der Waals surface area (Å²) in [6.45, 7) is -0.267. The Hall–Kier alpha value is -2.77. The molecular weight excluding hydrogens is 445 g/mol. The minimum absolute atomic E-state index is 0.0112. The van der Waals surface area contributed by atoms with Gasteiger partial charge in [-0.05, 0) is 42.8 Å². The summed E-state index contributed by atoms with van der Waals surface area (Å²) < 4.78 is 71.2. The lowest BCUT2D eigenvalue weighted by molar-refractivity contribution is -0.137. The van der Waals surface area contributed by atoms with E-state index in [1.165, 1.54) is 18.2 Å². The largest absolute Gasteiger partial charge is 0.465 e. The number of esters is 1. The predicted molar refractivity (Wildman–Crippen MR) is 104 cm³/mol. The van der Waals surface area contributed by atoms with Crippen LogP contribution in [0.1, 0.15) is 28.8 Å². The number of carbonyl (C=O) groups is 1. The topological polar surface area (TPSA) is 87.5 Å². The van der Waals surface area contributed by atoms with Gasteiger partial charge in [-0.2, -0.15) is 18.4 Å². The Bertz CT molecular complexity index is 1080. The van der Waals surface area contributed by atoms with Crippen molar-refractivity contribution in [3.63, 3.8) is 0 Å². The Morgan fingerprint density at radius 3 is 2.53 bits per heavy atom. The molecule has 0 aliphatic carbocycles. The lowest BCUT2D eigenvalue weighted by atomic mass is 10.1. The number of carbonyl (C=O) groups excluding carboxylic acids is 1. The van der Waals surface area contributed by atoms with Gasteiger partial charge in [0.15, 0.2) is 0 Å². The van der Waals surface area contributed by atoms with Crippen molar-refractivity contribution in [2.75, 3.05) is 18.0 Å². The highest BCUT2D eigenvalue weighted by Crippen LogP contribution is 2.34. The van der Waals surface area contributed by atoms with E-state index in [1.54, 1.807) is 0 Å². The second-order valence-electron chi connectivity index (χ2n) is 6.02. The number of anilines is 1. The summed E-state index contributed by atoms with van der Waals surface area (Å²) in [7, 11) is -3.44. The van der Waals surface area contributed by atoms with E-state index in [1.807, 2.05) is 6.07 Å². The molecule has 0 aliphatic rings. The molecule has 0 atom stereocenters. The Balaban J connectivity index is 2.67. The van der Waals surface area contributed by atoms with Gasteiger partial charge in [0, 0.05) is 18.0 Å². The van der Waals surface area contributed by atoms with Crippen LogP contribution in [0.15, 0.2) is 47.4 Å². The third kappa shape index (κ3) is 5.23. The highest BCUT2D eigenvalue weighted by Gasteiger charge is 2.34. The van der Waals surface area contributed by atoms with Crippen LogP contribution in [0.2, 0.25) is 5.02 Å². The summed E-state index contributed by atoms with van der Waals surface area (Å²) >= 11 is 5.98. The van der Waals surface area contributed by atoms with Crippen molar-refractivity contribution in [1.82, 2.24) is 0 Å². The molecule has 0 fully saturated rings. The van der Waals surface area contributed by atoms with Crippen LogP contribution in [0.3, 0.4) is 0 Å². The monoisotopic (exact) mass is 460 g/mol. The van der Waals surface area contributed by atoms with Gasteiger partial charge in [-0.25, -0.2) is 13.2 Å². The number of rotatable bonds is 7. The molecule has 0 saturated heterocycles. The molecule has 160 valence electrons. The molecule has 0 aliphatic heterocycles. The Kier molecular flexibility index (Phi) is 7.34. The minimum Gasteiger partial charge on any atom is -0.465 e. The van der Waals surface area contributed by atoms with Crippen LogP contribution in [0.5, 0.6) is 0 Å². The van der Waals surface area contributed by atoms with E-state index in [-0.39, 0.29) is 35.7 Å². The molecule has 0 N–H and O–H groups in total. The number of sulfonamides is 1. The van der Waals surface area contributed by atoms with Crippen molar-refractivity contribution in [1.29, 1.82) is 5.26 Å². The van der Waals surface area contributed by atoms with E-state index in [0.29, 0.717) is 6.07 Å². The summed E-state index contributed by atoms with van der Waals surface area (Å²) in [4.78, 5) is 11.5. The number of nitrogens with zero attached hydrogens (tertiary/aromatic N) is 2. The number of methoxy groups -OCH3 is 1. The van der Waals surface area contributed by atoms with E-state index in [4.69, 9.17) is 16.9 Å². The first-order chi connectivity index (χ1) is 14.0. The van der Waals surface area contributed by atoms with Crippen LogP contribution < -0.4 is 4.31 Å². The van der Waals surface area contributed by atoms with Crippen LogP contribution in [0.25, 0.3) is 0 Å². The smallest absolute Gasteiger partial charge is 0.416 e. The third-order valence-electron chi connectivity index (χ3n) is 4.03. The summed E-state index contributed by atoms with van der Waals surface area (Å²) in [6, 6.07) is 8.92. The molecule has 6 nitrogen and oxygen atoms in total. The molecule has 0 spiro atoms. The Labute approximate surface area is 176 Å². The maximum Gasteiger partial charge on any atom is 0.416 e. The van der Waals surface area contributed by atoms with E-state index >= 15 is 0 Å². The first-order valence-corrected chi connectivity index (χ1v) is 10.3. The number of halogens is 4. The maximum absolute atomic E-state index is 13.3. The van der Waals surface area contributed by atoms with Gasteiger partial charge in [-0.1, -0.05) is 17.7 Å². The zero-order valence-corrected chi connectivity index (χ0v) is 17.2. The molecule has 0 heterocycles. The average molecular weight is 461 g/mol. The zero-order chi connectivity index (χ0) is 22.5. The van der Waals surface area contributed by atoms with E-state index in [9.17, 15) is 26.4 Å². The fourth-order valence-electron chi connectivity index (χ4n) is 2.63. The average Bonchev–Trinajstić information content (AvgIpc) is 2.70. The second kappa shape index (κ2) is 9.36. The van der Waals surface area contributed by atoms with Gasteiger partial charge in [-0.3, -0.25) is 4.31 Å². The van der Waals surface area contributed by atoms with Gasteiger partial charge in [0.05, 0.1) is 34.9 Å². The number of hydrogen-bond acceptors (Lipinski definition) is 5. The minimum atomic E-state index is -4.75. The van der Waals surface area contributed by atoms with Crippen molar-refractivity contribution >= 4 is 33.3 Å². The number of hydrogen-bond donors (Lipinski definition) is 0. The molecule has 0 amide bonds. The number of nitriles is 1. The van der Waals surface area contributed by atoms with Crippen molar-refractivity contribution in [3.05, 3.63) is 58.6 Å². The zero-order valence-electron chi connectivity index (χ0n) is 15.6. The quantitative estimate of drug-likeness (QED) is 0.443. The molecular formula is C19H16ClF3N2O4S. The van der Waals surface area contributed by atoms with Gasteiger partial charge >= 0.3 is 12.1 Å². The predicted octanol–water partition coefficient (Wildman–Crippen LogP) is 4.64. The fraction of sp³-hybridized carbons (Fsp3) is 0.263. The lowest BCUT2D eigenvalue weighted by Gasteiger charge is -2.26. The number of unbranched alkanes of at least 4 members (excludes halogenated alkanes) is 1. The molecule has 0 radical (unpaired) electrons. The number of ether oxygens (including phenoxy) is 1. The highest BCUT2D eigenvalue weighted by molar-refractivity contribution is 7.92. The SMILES string of the molecule is COC(=O)c1ccc(Cl)cc1N(CCCC#N)S(=O)(=O)c1cccc(C(F)(F)F)c1. The fourth-order valence-corrected chi connectivity index (χ4v) is 4.35. The molecule has 0 saturated carbocycles. The van der Waals surface area contributed by atoms with Gasteiger partial charge in [0.2, 0.25) is 0 Å². The van der Waals surface area contributed by atoms with Crippen LogP contribution in [-0.2, 0) is 20.9 Å². The molecule has 0 bridgehead atoms. The summed E-state index contributed by atoms with van der Waals surface area (Å²) in [6.07, 6.45) is -4.69. The summed E-state index contributed by atoms with van der Waals surface area (Å²) in [5.41, 5.74) is -1.45. The van der Waals surface area contributed by atoms with Crippen LogP contribution in [0, 0.1) is 11.3 Å². The number of alkyl halides is 3. The third-order valence-corrected chi connectivity index (χ3v) is 6.08. The first-order valence-electron chi connectivity index (χ1n) is 8.47. The Morgan fingerprint density at radius 1 is 1.23 bits per heavy atom. The van der Waals surface area contributed by atoms with E-state index in [2.05, 4.69) is 4.74 Å². The van der Waals surface area contributed by atoms with Gasteiger partial charge in [-0.15, -0.1) is 0 Å². The Morgan fingerprint density at radius 2 is 1.93 bits per heavy atom. The first kappa shape index (κ1) is 23.5. The summed E-state index contributed by atoms with van der Waals surface area (Å²) in [5, 5.41) is 8.88. The molecule has 2 aromatic rings. The normalized spacial score (nSPS) is 11.6. The molecule has 0 aromatic heterocycles. The molecule has 2 aromatic carbocycles. The molecule has 11 heteroatoms. The van der Waals surface area contributed by atoms with Crippen molar-refractivity contribution in [2.45, 2.75) is 23.9 Å². The van der Waals surface area contributed by atoms with Crippen LogP contribution in [0.4, 0.5) is 18.9 Å². The summed E-state index contributed by atoms with van der Waals surface area (Å²) in [5.74, 6) is -0.855. The van der Waals surface area contributed by atoms with Crippen LogP contribution in [-0.4, -0.2) is 28.0 Å². The van der Waals surface area contributed by atoms with Crippen molar-refractivity contribution < 1.29 is 31.1 Å². The molecule has 2 rings (SSSR count).